The molecule has 1 aromatic carbocycles. The fourth-order valence-corrected chi connectivity index (χ4v) is 3.15. The van der Waals surface area contributed by atoms with Crippen molar-refractivity contribution in [3.63, 3.8) is 0 Å². The standard InChI is InChI=1S/C18H30O2/c1-7-8-9-13-10-16(20)14(11-15(13)19)18(5,6)12-17(2,3)4/h10-11,19-20H,7-9,12H2,1-6H3. The summed E-state index contributed by atoms with van der Waals surface area (Å²) in [4.78, 5) is 0. The van der Waals surface area contributed by atoms with Crippen LogP contribution in [0.15, 0.2) is 12.1 Å². The lowest BCUT2D eigenvalue weighted by molar-refractivity contribution is 0.277. The number of rotatable bonds is 5. The van der Waals surface area contributed by atoms with Gasteiger partial charge in [-0.05, 0) is 47.8 Å². The minimum absolute atomic E-state index is 0.164. The van der Waals surface area contributed by atoms with Crippen LogP contribution in [0.4, 0.5) is 0 Å². The van der Waals surface area contributed by atoms with Crippen LogP contribution in [-0.2, 0) is 11.8 Å². The Morgan fingerprint density at radius 2 is 1.55 bits per heavy atom. The number of phenols is 2. The molecule has 0 heterocycles. The highest BCUT2D eigenvalue weighted by atomic mass is 16.3. The minimum atomic E-state index is -0.164. The van der Waals surface area contributed by atoms with Crippen molar-refractivity contribution in [2.24, 2.45) is 5.41 Å². The molecule has 0 saturated carbocycles. The van der Waals surface area contributed by atoms with E-state index in [1.165, 1.54) is 0 Å². The second kappa shape index (κ2) is 6.07. The summed E-state index contributed by atoms with van der Waals surface area (Å²) in [6.45, 7) is 13.0. The zero-order chi connectivity index (χ0) is 15.6. The molecule has 1 rings (SSSR count). The number of hydrogen-bond acceptors (Lipinski definition) is 2. The minimum Gasteiger partial charge on any atom is -0.508 e. The van der Waals surface area contributed by atoms with Gasteiger partial charge >= 0.3 is 0 Å². The van der Waals surface area contributed by atoms with Crippen molar-refractivity contribution in [2.75, 3.05) is 0 Å². The zero-order valence-corrected chi connectivity index (χ0v) is 13.9. The van der Waals surface area contributed by atoms with E-state index in [1.807, 2.05) is 0 Å². The van der Waals surface area contributed by atoms with Gasteiger partial charge in [-0.3, -0.25) is 0 Å². The molecule has 0 aromatic heterocycles. The summed E-state index contributed by atoms with van der Waals surface area (Å²) in [5.74, 6) is 0.622. The summed E-state index contributed by atoms with van der Waals surface area (Å²) in [6, 6.07) is 3.50. The molecule has 114 valence electrons. The monoisotopic (exact) mass is 278 g/mol. The molecule has 0 fully saturated rings. The third-order valence-electron chi connectivity index (χ3n) is 3.70. The van der Waals surface area contributed by atoms with Crippen molar-refractivity contribution in [1.82, 2.24) is 0 Å². The van der Waals surface area contributed by atoms with Gasteiger partial charge in [-0.1, -0.05) is 48.0 Å². The Bertz CT molecular complexity index is 453. The number of hydrogen-bond donors (Lipinski definition) is 2. The molecule has 2 heteroatoms. The first-order chi connectivity index (χ1) is 9.07. The van der Waals surface area contributed by atoms with Crippen LogP contribution >= 0.6 is 0 Å². The van der Waals surface area contributed by atoms with Gasteiger partial charge in [0.2, 0.25) is 0 Å². The third-order valence-corrected chi connectivity index (χ3v) is 3.70. The lowest BCUT2D eigenvalue weighted by Crippen LogP contribution is -2.25. The number of phenolic OH excluding ortho intramolecular Hbond substituents is 2. The summed E-state index contributed by atoms with van der Waals surface area (Å²) >= 11 is 0. The Balaban J connectivity index is 3.10. The van der Waals surface area contributed by atoms with Gasteiger partial charge in [0.15, 0.2) is 0 Å². The molecule has 0 unspecified atom stereocenters. The zero-order valence-electron chi connectivity index (χ0n) is 13.9. The third kappa shape index (κ3) is 4.43. The normalized spacial score (nSPS) is 12.7. The van der Waals surface area contributed by atoms with Gasteiger partial charge in [-0.15, -0.1) is 0 Å². The maximum atomic E-state index is 10.3. The number of unbranched alkanes of at least 4 members (excludes halogenated alkanes) is 1. The van der Waals surface area contributed by atoms with Gasteiger partial charge < -0.3 is 10.2 Å². The van der Waals surface area contributed by atoms with E-state index in [0.717, 1.165) is 36.8 Å². The molecule has 2 N–H and O–H groups in total. The fraction of sp³-hybridized carbons (Fsp3) is 0.667. The SMILES string of the molecule is CCCCc1cc(O)c(C(C)(C)CC(C)(C)C)cc1O. The lowest BCUT2D eigenvalue weighted by atomic mass is 9.72. The van der Waals surface area contributed by atoms with Crippen LogP contribution in [-0.4, -0.2) is 10.2 Å². The van der Waals surface area contributed by atoms with E-state index in [4.69, 9.17) is 0 Å². The van der Waals surface area contributed by atoms with Crippen molar-refractivity contribution < 1.29 is 10.2 Å². The van der Waals surface area contributed by atoms with E-state index < -0.39 is 0 Å². The van der Waals surface area contributed by atoms with E-state index in [-0.39, 0.29) is 10.8 Å². The maximum Gasteiger partial charge on any atom is 0.119 e. The summed E-state index contributed by atoms with van der Waals surface area (Å²) in [6.07, 6.45) is 3.87. The largest absolute Gasteiger partial charge is 0.508 e. The van der Waals surface area contributed by atoms with E-state index in [2.05, 4.69) is 41.5 Å². The predicted molar refractivity (Wildman–Crippen MR) is 85.5 cm³/mol. The molecule has 0 bridgehead atoms. The quantitative estimate of drug-likeness (QED) is 0.731. The molecule has 0 atom stereocenters. The molecule has 0 amide bonds. The second-order valence-electron chi connectivity index (χ2n) is 7.72. The number of aryl methyl sites for hydroxylation is 1. The number of benzene rings is 1. The van der Waals surface area contributed by atoms with Gasteiger partial charge in [-0.25, -0.2) is 0 Å². The Morgan fingerprint density at radius 3 is 2.05 bits per heavy atom. The highest BCUT2D eigenvalue weighted by Gasteiger charge is 2.30. The molecule has 0 aliphatic rings. The molecule has 0 aliphatic carbocycles. The topological polar surface area (TPSA) is 40.5 Å². The molecule has 0 spiro atoms. The fourth-order valence-electron chi connectivity index (χ4n) is 3.15. The van der Waals surface area contributed by atoms with Crippen LogP contribution in [0.25, 0.3) is 0 Å². The van der Waals surface area contributed by atoms with Crippen LogP contribution in [0.2, 0.25) is 0 Å². The molecule has 0 saturated heterocycles. The van der Waals surface area contributed by atoms with E-state index >= 15 is 0 Å². The van der Waals surface area contributed by atoms with Gasteiger partial charge in [0.05, 0.1) is 0 Å². The average molecular weight is 278 g/mol. The Labute approximate surface area is 123 Å². The molecule has 20 heavy (non-hydrogen) atoms. The summed E-state index contributed by atoms with van der Waals surface area (Å²) < 4.78 is 0. The van der Waals surface area contributed by atoms with Crippen LogP contribution in [0.3, 0.4) is 0 Å². The van der Waals surface area contributed by atoms with Crippen molar-refractivity contribution in [3.05, 3.63) is 23.3 Å². The Hall–Kier alpha value is -1.18. The average Bonchev–Trinajstić information content (AvgIpc) is 2.26. The molecule has 0 radical (unpaired) electrons. The first-order valence-corrected chi connectivity index (χ1v) is 7.62. The Kier molecular flexibility index (Phi) is 5.12. The van der Waals surface area contributed by atoms with Crippen LogP contribution in [0.5, 0.6) is 11.5 Å². The number of aromatic hydroxyl groups is 2. The molecule has 0 aliphatic heterocycles. The van der Waals surface area contributed by atoms with Gasteiger partial charge in [0.25, 0.3) is 0 Å². The second-order valence-corrected chi connectivity index (χ2v) is 7.72. The first kappa shape index (κ1) is 16.9. The van der Waals surface area contributed by atoms with Gasteiger partial charge in [0, 0.05) is 5.56 Å². The van der Waals surface area contributed by atoms with Gasteiger partial charge in [-0.2, -0.15) is 0 Å². The predicted octanol–water partition coefficient (Wildman–Crippen LogP) is 5.15. The van der Waals surface area contributed by atoms with E-state index in [9.17, 15) is 10.2 Å². The maximum absolute atomic E-state index is 10.3. The molecular formula is C18H30O2. The molecule has 1 aromatic rings. The first-order valence-electron chi connectivity index (χ1n) is 7.62. The summed E-state index contributed by atoms with van der Waals surface area (Å²) in [7, 11) is 0. The van der Waals surface area contributed by atoms with Crippen molar-refractivity contribution >= 4 is 0 Å². The smallest absolute Gasteiger partial charge is 0.119 e. The van der Waals surface area contributed by atoms with Crippen LogP contribution in [0.1, 0.15) is 71.9 Å². The van der Waals surface area contributed by atoms with Crippen molar-refractivity contribution in [2.45, 2.75) is 72.6 Å². The Morgan fingerprint density at radius 1 is 0.950 bits per heavy atom. The van der Waals surface area contributed by atoms with Crippen LogP contribution < -0.4 is 0 Å². The summed E-state index contributed by atoms with van der Waals surface area (Å²) in [5, 5.41) is 20.5. The van der Waals surface area contributed by atoms with Crippen molar-refractivity contribution in [1.29, 1.82) is 0 Å². The lowest BCUT2D eigenvalue weighted by Gasteiger charge is -2.33. The molecular weight excluding hydrogens is 248 g/mol. The molecule has 2 nitrogen and oxygen atoms in total. The van der Waals surface area contributed by atoms with Crippen LogP contribution in [0, 0.1) is 5.41 Å². The van der Waals surface area contributed by atoms with E-state index in [0.29, 0.717) is 11.5 Å². The summed E-state index contributed by atoms with van der Waals surface area (Å²) in [5.41, 5.74) is 1.69. The van der Waals surface area contributed by atoms with E-state index in [1.54, 1.807) is 12.1 Å². The van der Waals surface area contributed by atoms with Gasteiger partial charge in [0.1, 0.15) is 11.5 Å². The highest BCUT2D eigenvalue weighted by Crippen LogP contribution is 2.42. The highest BCUT2D eigenvalue weighted by molar-refractivity contribution is 5.48. The van der Waals surface area contributed by atoms with Crippen molar-refractivity contribution in [3.8, 4) is 11.5 Å².